The molecule has 0 bridgehead atoms. The molecule has 1 aliphatic rings. The van der Waals surface area contributed by atoms with Crippen LogP contribution in [0.1, 0.15) is 6.92 Å². The highest BCUT2D eigenvalue weighted by atomic mass is 16.7. The highest BCUT2D eigenvalue weighted by Crippen LogP contribution is 2.20. The lowest BCUT2D eigenvalue weighted by Crippen LogP contribution is -2.37. The van der Waals surface area contributed by atoms with E-state index in [-0.39, 0.29) is 0 Å². The Morgan fingerprint density at radius 2 is 1.86 bits per heavy atom. The summed E-state index contributed by atoms with van der Waals surface area (Å²) in [5.74, 6) is -1.99. The van der Waals surface area contributed by atoms with Crippen molar-refractivity contribution in [2.45, 2.75) is 13.0 Å². The van der Waals surface area contributed by atoms with E-state index in [1.165, 1.54) is 14.2 Å². The highest BCUT2D eigenvalue weighted by Gasteiger charge is 2.44. The molecule has 1 aliphatic heterocycles. The number of nitrogens with zero attached hydrogens (tertiary/aromatic N) is 1. The predicted molar refractivity (Wildman–Crippen MR) is 45.5 cm³/mol. The van der Waals surface area contributed by atoms with Crippen LogP contribution < -0.4 is 0 Å². The molecule has 2 atom stereocenters. The standard InChI is InChI=1S/C8H11NO5/c1-4-5(7(10)12-2)6(14-9-4)8(11)13-3/h5-6H,1-3H3. The topological polar surface area (TPSA) is 74.2 Å². The molecule has 0 aliphatic carbocycles. The van der Waals surface area contributed by atoms with Crippen molar-refractivity contribution in [1.82, 2.24) is 0 Å². The van der Waals surface area contributed by atoms with Gasteiger partial charge in [-0.2, -0.15) is 0 Å². The van der Waals surface area contributed by atoms with Crippen LogP contribution in [0.25, 0.3) is 0 Å². The second-order valence-corrected chi connectivity index (χ2v) is 2.78. The maximum absolute atomic E-state index is 11.3. The van der Waals surface area contributed by atoms with Gasteiger partial charge in [-0.15, -0.1) is 0 Å². The van der Waals surface area contributed by atoms with E-state index < -0.39 is 24.0 Å². The van der Waals surface area contributed by atoms with Gasteiger partial charge < -0.3 is 14.3 Å². The minimum absolute atomic E-state index is 0.409. The van der Waals surface area contributed by atoms with E-state index in [2.05, 4.69) is 14.6 Å². The van der Waals surface area contributed by atoms with Gasteiger partial charge >= 0.3 is 11.9 Å². The molecule has 0 aromatic heterocycles. The number of esters is 2. The van der Waals surface area contributed by atoms with E-state index in [1.54, 1.807) is 6.92 Å². The largest absolute Gasteiger partial charge is 0.468 e. The van der Waals surface area contributed by atoms with Crippen molar-refractivity contribution in [3.8, 4) is 0 Å². The maximum atomic E-state index is 11.3. The summed E-state index contributed by atoms with van der Waals surface area (Å²) in [5, 5.41) is 3.55. The Hall–Kier alpha value is -1.59. The molecule has 1 rings (SSSR count). The predicted octanol–water partition coefficient (Wildman–Crippen LogP) is -0.277. The Morgan fingerprint density at radius 1 is 1.29 bits per heavy atom. The Kier molecular flexibility index (Phi) is 3.06. The molecule has 0 saturated heterocycles. The fourth-order valence-corrected chi connectivity index (χ4v) is 1.19. The second kappa shape index (κ2) is 4.08. The SMILES string of the molecule is COC(=O)C1ON=C(C)C1C(=O)OC. The van der Waals surface area contributed by atoms with Gasteiger partial charge in [0.2, 0.25) is 6.10 Å². The summed E-state index contributed by atoms with van der Waals surface area (Å²) in [4.78, 5) is 27.2. The maximum Gasteiger partial charge on any atom is 0.351 e. The third kappa shape index (κ3) is 1.68. The molecule has 0 radical (unpaired) electrons. The number of hydrogen-bond acceptors (Lipinski definition) is 6. The molecule has 14 heavy (non-hydrogen) atoms. The van der Waals surface area contributed by atoms with Crippen molar-refractivity contribution >= 4 is 17.7 Å². The summed E-state index contributed by atoms with van der Waals surface area (Å²) in [5.41, 5.74) is 0.409. The van der Waals surface area contributed by atoms with Crippen LogP contribution in [0, 0.1) is 5.92 Å². The van der Waals surface area contributed by atoms with Gasteiger partial charge in [-0.25, -0.2) is 4.79 Å². The molecular weight excluding hydrogens is 190 g/mol. The Labute approximate surface area is 80.8 Å². The van der Waals surface area contributed by atoms with Gasteiger partial charge in [-0.1, -0.05) is 5.16 Å². The number of oxime groups is 1. The fourth-order valence-electron chi connectivity index (χ4n) is 1.19. The van der Waals surface area contributed by atoms with Crippen molar-refractivity contribution in [3.63, 3.8) is 0 Å². The highest BCUT2D eigenvalue weighted by molar-refractivity contribution is 6.05. The Bertz CT molecular complexity index is 285. The lowest BCUT2D eigenvalue weighted by Gasteiger charge is -2.12. The first-order valence-corrected chi connectivity index (χ1v) is 3.97. The molecule has 0 fully saturated rings. The van der Waals surface area contributed by atoms with Crippen LogP contribution in [0.2, 0.25) is 0 Å². The first kappa shape index (κ1) is 10.5. The normalized spacial score (nSPS) is 24.9. The van der Waals surface area contributed by atoms with Gasteiger partial charge in [0.15, 0.2) is 0 Å². The zero-order valence-electron chi connectivity index (χ0n) is 8.14. The first-order chi connectivity index (χ1) is 6.61. The van der Waals surface area contributed by atoms with E-state index in [0.717, 1.165) is 0 Å². The van der Waals surface area contributed by atoms with Crippen molar-refractivity contribution in [3.05, 3.63) is 0 Å². The molecule has 0 aromatic rings. The third-order valence-corrected chi connectivity index (χ3v) is 1.95. The molecule has 0 amide bonds. The van der Waals surface area contributed by atoms with Gasteiger partial charge in [-0.05, 0) is 6.92 Å². The molecule has 78 valence electrons. The summed E-state index contributed by atoms with van der Waals surface area (Å²) in [7, 11) is 2.45. The Balaban J connectivity index is 2.81. The zero-order valence-corrected chi connectivity index (χ0v) is 8.14. The van der Waals surface area contributed by atoms with Crippen LogP contribution in [0.15, 0.2) is 5.16 Å². The molecule has 0 aromatic carbocycles. The van der Waals surface area contributed by atoms with Crippen molar-refractivity contribution in [1.29, 1.82) is 0 Å². The van der Waals surface area contributed by atoms with Crippen LogP contribution in [-0.2, 0) is 23.9 Å². The van der Waals surface area contributed by atoms with E-state index in [0.29, 0.717) is 5.71 Å². The number of hydrogen-bond donors (Lipinski definition) is 0. The summed E-state index contributed by atoms with van der Waals surface area (Å²) in [6, 6.07) is 0. The van der Waals surface area contributed by atoms with Gasteiger partial charge in [-0.3, -0.25) is 4.79 Å². The molecule has 6 heteroatoms. The number of ether oxygens (including phenoxy) is 2. The van der Waals surface area contributed by atoms with Crippen molar-refractivity contribution < 1.29 is 23.9 Å². The lowest BCUT2D eigenvalue weighted by atomic mass is 9.99. The Morgan fingerprint density at radius 3 is 2.36 bits per heavy atom. The molecule has 6 nitrogen and oxygen atoms in total. The van der Waals surface area contributed by atoms with Gasteiger partial charge in [0.1, 0.15) is 5.92 Å². The smallest absolute Gasteiger partial charge is 0.351 e. The van der Waals surface area contributed by atoms with Crippen LogP contribution in [0.3, 0.4) is 0 Å². The van der Waals surface area contributed by atoms with Crippen LogP contribution >= 0.6 is 0 Å². The van der Waals surface area contributed by atoms with Gasteiger partial charge in [0.05, 0.1) is 19.9 Å². The average molecular weight is 201 g/mol. The monoisotopic (exact) mass is 201 g/mol. The minimum Gasteiger partial charge on any atom is -0.468 e. The van der Waals surface area contributed by atoms with E-state index in [9.17, 15) is 9.59 Å². The van der Waals surface area contributed by atoms with E-state index in [1.807, 2.05) is 0 Å². The number of carbonyl (C=O) groups excluding carboxylic acids is 2. The van der Waals surface area contributed by atoms with Gasteiger partial charge in [0, 0.05) is 0 Å². The quantitative estimate of drug-likeness (QED) is 0.574. The van der Waals surface area contributed by atoms with Crippen LogP contribution in [0.5, 0.6) is 0 Å². The summed E-state index contributed by atoms with van der Waals surface area (Å²) in [6.07, 6.45) is -1.02. The van der Waals surface area contributed by atoms with E-state index >= 15 is 0 Å². The molecular formula is C8H11NO5. The lowest BCUT2D eigenvalue weighted by molar-refractivity contribution is -0.161. The second-order valence-electron chi connectivity index (χ2n) is 2.78. The zero-order chi connectivity index (χ0) is 10.7. The van der Waals surface area contributed by atoms with E-state index in [4.69, 9.17) is 4.84 Å². The first-order valence-electron chi connectivity index (χ1n) is 3.97. The average Bonchev–Trinajstić information content (AvgIpc) is 2.58. The van der Waals surface area contributed by atoms with Crippen LogP contribution in [-0.4, -0.2) is 38.0 Å². The third-order valence-electron chi connectivity index (χ3n) is 1.95. The molecule has 0 spiro atoms. The number of methoxy groups -OCH3 is 2. The molecule has 0 N–H and O–H groups in total. The van der Waals surface area contributed by atoms with Crippen molar-refractivity contribution in [2.75, 3.05) is 14.2 Å². The van der Waals surface area contributed by atoms with Crippen molar-refractivity contribution in [2.24, 2.45) is 11.1 Å². The number of rotatable bonds is 2. The molecule has 0 saturated carbocycles. The summed E-state index contributed by atoms with van der Waals surface area (Å²) in [6.45, 7) is 1.59. The number of carbonyl (C=O) groups is 2. The molecule has 1 heterocycles. The molecule has 2 unspecified atom stereocenters. The summed E-state index contributed by atoms with van der Waals surface area (Å²) >= 11 is 0. The van der Waals surface area contributed by atoms with Crippen LogP contribution in [0.4, 0.5) is 0 Å². The summed E-state index contributed by atoms with van der Waals surface area (Å²) < 4.78 is 8.98. The van der Waals surface area contributed by atoms with Gasteiger partial charge in [0.25, 0.3) is 0 Å². The fraction of sp³-hybridized carbons (Fsp3) is 0.625. The minimum atomic E-state index is -1.02.